The fourth-order valence-electron chi connectivity index (χ4n) is 2.70. The van der Waals surface area contributed by atoms with Gasteiger partial charge >= 0.3 is 0 Å². The van der Waals surface area contributed by atoms with Crippen LogP contribution in [0.25, 0.3) is 0 Å². The maximum Gasteiger partial charge on any atom is 0.0459 e. The maximum absolute atomic E-state index is 9.11. The van der Waals surface area contributed by atoms with Gasteiger partial charge < -0.3 is 5.11 Å². The summed E-state index contributed by atoms with van der Waals surface area (Å²) in [6.45, 7) is 9.61. The molecule has 0 amide bonds. The van der Waals surface area contributed by atoms with E-state index >= 15 is 0 Å². The third-order valence-corrected chi connectivity index (χ3v) is 4.09. The van der Waals surface area contributed by atoms with Crippen molar-refractivity contribution in [2.75, 3.05) is 6.61 Å². The summed E-state index contributed by atoms with van der Waals surface area (Å²) in [6, 6.07) is 0. The molecule has 0 aromatic rings. The minimum absolute atomic E-state index is 0.366. The monoisotopic (exact) mass is 198 g/mol. The van der Waals surface area contributed by atoms with Gasteiger partial charge in [0.05, 0.1) is 0 Å². The van der Waals surface area contributed by atoms with Crippen LogP contribution in [-0.4, -0.2) is 11.7 Å². The Hall–Kier alpha value is -0.0400. The zero-order valence-electron chi connectivity index (χ0n) is 10.2. The lowest BCUT2D eigenvalue weighted by atomic mass is 9.68. The fourth-order valence-corrected chi connectivity index (χ4v) is 2.70. The van der Waals surface area contributed by atoms with Gasteiger partial charge in [-0.2, -0.15) is 0 Å². The van der Waals surface area contributed by atoms with Crippen LogP contribution in [0.1, 0.15) is 53.4 Å². The van der Waals surface area contributed by atoms with Crippen molar-refractivity contribution in [2.45, 2.75) is 53.4 Å². The second-order valence-electron chi connectivity index (χ2n) is 6.14. The van der Waals surface area contributed by atoms with E-state index in [2.05, 4.69) is 27.7 Å². The molecule has 0 aromatic heterocycles. The summed E-state index contributed by atoms with van der Waals surface area (Å²) in [4.78, 5) is 0. The summed E-state index contributed by atoms with van der Waals surface area (Å²) in [5.41, 5.74) is 0.480. The van der Waals surface area contributed by atoms with Crippen LogP contribution in [0, 0.1) is 23.2 Å². The second-order valence-corrected chi connectivity index (χ2v) is 6.14. The summed E-state index contributed by atoms with van der Waals surface area (Å²) in [5.74, 6) is 2.18. The van der Waals surface area contributed by atoms with Crippen LogP contribution < -0.4 is 0 Å². The first-order valence-electron chi connectivity index (χ1n) is 6.06. The van der Waals surface area contributed by atoms with Gasteiger partial charge in [0.1, 0.15) is 0 Å². The van der Waals surface area contributed by atoms with Gasteiger partial charge in [0.2, 0.25) is 0 Å². The number of hydrogen-bond acceptors (Lipinski definition) is 1. The van der Waals surface area contributed by atoms with Crippen LogP contribution in [0.15, 0.2) is 0 Å². The molecule has 14 heavy (non-hydrogen) atoms. The second kappa shape index (κ2) is 4.65. The molecule has 1 fully saturated rings. The van der Waals surface area contributed by atoms with E-state index in [0.29, 0.717) is 17.9 Å². The Morgan fingerprint density at radius 1 is 1.14 bits per heavy atom. The molecule has 0 aromatic carbocycles. The third kappa shape index (κ3) is 2.98. The number of aliphatic hydroxyl groups excluding tert-OH is 1. The molecular weight excluding hydrogens is 172 g/mol. The molecule has 1 heteroatoms. The summed E-state index contributed by atoms with van der Waals surface area (Å²) in [7, 11) is 0. The molecule has 0 radical (unpaired) electrons. The first kappa shape index (κ1) is 12.0. The Morgan fingerprint density at radius 2 is 1.64 bits per heavy atom. The van der Waals surface area contributed by atoms with E-state index in [1.54, 1.807) is 0 Å². The van der Waals surface area contributed by atoms with Gasteiger partial charge in [-0.3, -0.25) is 0 Å². The minimum Gasteiger partial charge on any atom is -0.396 e. The van der Waals surface area contributed by atoms with Gasteiger partial charge in [-0.25, -0.2) is 0 Å². The Bertz CT molecular complexity index is 161. The van der Waals surface area contributed by atoms with E-state index in [1.165, 1.54) is 25.7 Å². The largest absolute Gasteiger partial charge is 0.396 e. The van der Waals surface area contributed by atoms with Crippen LogP contribution in [0.3, 0.4) is 0 Å². The molecule has 0 saturated heterocycles. The summed E-state index contributed by atoms with van der Waals surface area (Å²) in [5, 5.41) is 9.11. The van der Waals surface area contributed by atoms with Gasteiger partial charge in [0, 0.05) is 6.61 Å². The highest BCUT2D eigenvalue weighted by molar-refractivity contribution is 4.81. The average Bonchev–Trinajstić information content (AvgIpc) is 2.15. The van der Waals surface area contributed by atoms with Gasteiger partial charge in [-0.05, 0) is 48.9 Å². The first-order chi connectivity index (χ1) is 6.45. The molecule has 1 aliphatic carbocycles. The summed E-state index contributed by atoms with van der Waals surface area (Å²) >= 11 is 0. The minimum atomic E-state index is 0.366. The third-order valence-electron chi connectivity index (χ3n) is 4.09. The lowest BCUT2D eigenvalue weighted by Gasteiger charge is -2.38. The molecule has 0 heterocycles. The van der Waals surface area contributed by atoms with Crippen molar-refractivity contribution in [1.82, 2.24) is 0 Å². The van der Waals surface area contributed by atoms with Gasteiger partial charge in [0.15, 0.2) is 0 Å². The van der Waals surface area contributed by atoms with Crippen molar-refractivity contribution < 1.29 is 5.11 Å². The van der Waals surface area contributed by atoms with E-state index in [0.717, 1.165) is 11.8 Å². The maximum atomic E-state index is 9.11. The average molecular weight is 198 g/mol. The van der Waals surface area contributed by atoms with Crippen molar-refractivity contribution in [2.24, 2.45) is 23.2 Å². The molecule has 0 bridgehead atoms. The molecule has 1 nitrogen and oxygen atoms in total. The van der Waals surface area contributed by atoms with E-state index < -0.39 is 0 Å². The molecule has 1 saturated carbocycles. The smallest absolute Gasteiger partial charge is 0.0459 e. The Labute approximate surface area is 88.9 Å². The zero-order valence-corrected chi connectivity index (χ0v) is 10.2. The van der Waals surface area contributed by atoms with Crippen LogP contribution >= 0.6 is 0 Å². The number of rotatable bonds is 2. The Kier molecular flexibility index (Phi) is 4.00. The standard InChI is InChI=1S/C13H26O/c1-10(9-14)11-5-7-12(8-6-11)13(2,3)4/h10-12,14H,5-9H2,1-4H3. The fraction of sp³-hybridized carbons (Fsp3) is 1.00. The van der Waals surface area contributed by atoms with Crippen LogP contribution in [0.2, 0.25) is 0 Å². The highest BCUT2D eigenvalue weighted by atomic mass is 16.3. The molecule has 84 valence electrons. The number of aliphatic hydroxyl groups is 1. The number of hydrogen-bond donors (Lipinski definition) is 1. The molecule has 1 rings (SSSR count). The highest BCUT2D eigenvalue weighted by Crippen LogP contribution is 2.41. The molecule has 1 aliphatic rings. The van der Waals surface area contributed by atoms with Crippen LogP contribution in [0.4, 0.5) is 0 Å². The molecule has 1 unspecified atom stereocenters. The highest BCUT2D eigenvalue weighted by Gasteiger charge is 2.31. The zero-order chi connectivity index (χ0) is 10.8. The first-order valence-corrected chi connectivity index (χ1v) is 6.06. The van der Waals surface area contributed by atoms with E-state index in [1.807, 2.05) is 0 Å². The lowest BCUT2D eigenvalue weighted by Crippen LogP contribution is -2.28. The van der Waals surface area contributed by atoms with Gasteiger partial charge in [0.25, 0.3) is 0 Å². The molecule has 0 aliphatic heterocycles. The van der Waals surface area contributed by atoms with E-state index in [9.17, 15) is 0 Å². The van der Waals surface area contributed by atoms with Crippen molar-refractivity contribution >= 4 is 0 Å². The molecule has 1 N–H and O–H groups in total. The van der Waals surface area contributed by atoms with Crippen LogP contribution in [0.5, 0.6) is 0 Å². The van der Waals surface area contributed by atoms with Crippen molar-refractivity contribution in [3.63, 3.8) is 0 Å². The van der Waals surface area contributed by atoms with E-state index in [-0.39, 0.29) is 0 Å². The SMILES string of the molecule is CC(CO)C1CCC(C(C)(C)C)CC1. The summed E-state index contributed by atoms with van der Waals surface area (Å²) < 4.78 is 0. The normalized spacial score (nSPS) is 31.5. The topological polar surface area (TPSA) is 20.2 Å². The Balaban J connectivity index is 2.39. The predicted molar refractivity (Wildman–Crippen MR) is 61.2 cm³/mol. The summed E-state index contributed by atoms with van der Waals surface area (Å²) in [6.07, 6.45) is 5.37. The molecule has 0 spiro atoms. The van der Waals surface area contributed by atoms with Crippen molar-refractivity contribution in [3.8, 4) is 0 Å². The lowest BCUT2D eigenvalue weighted by molar-refractivity contribution is 0.102. The quantitative estimate of drug-likeness (QED) is 0.720. The van der Waals surface area contributed by atoms with Crippen molar-refractivity contribution in [1.29, 1.82) is 0 Å². The van der Waals surface area contributed by atoms with Crippen molar-refractivity contribution in [3.05, 3.63) is 0 Å². The predicted octanol–water partition coefficient (Wildman–Crippen LogP) is 3.47. The van der Waals surface area contributed by atoms with Crippen LogP contribution in [-0.2, 0) is 0 Å². The Morgan fingerprint density at radius 3 is 2.00 bits per heavy atom. The van der Waals surface area contributed by atoms with Gasteiger partial charge in [-0.15, -0.1) is 0 Å². The molecular formula is C13H26O. The van der Waals surface area contributed by atoms with E-state index in [4.69, 9.17) is 5.11 Å². The molecule has 1 atom stereocenters. The van der Waals surface area contributed by atoms with Gasteiger partial charge in [-0.1, -0.05) is 27.7 Å².